The fraction of sp³-hybridized carbons (Fsp3) is 0.240. The van der Waals surface area contributed by atoms with Crippen LogP contribution in [0.3, 0.4) is 0 Å². The largest absolute Gasteiger partial charge is 0.390 e. The number of aliphatic hydroxyl groups is 1. The zero-order chi connectivity index (χ0) is 22.4. The normalized spacial score (nSPS) is 15.9. The second kappa shape index (κ2) is 7.60. The number of hydrogen-bond donors (Lipinski definition) is 3. The van der Waals surface area contributed by atoms with Crippen molar-refractivity contribution in [3.05, 3.63) is 67.4 Å². The van der Waals surface area contributed by atoms with Crippen molar-refractivity contribution in [2.75, 3.05) is 23.3 Å². The minimum atomic E-state index is -0.549. The quantitative estimate of drug-likeness (QED) is 0.385. The van der Waals surface area contributed by atoms with Gasteiger partial charge in [0.15, 0.2) is 11.5 Å². The Morgan fingerprint density at radius 2 is 1.88 bits per heavy atom. The molecule has 2 aromatic carbocycles. The maximum atomic E-state index is 10.2. The van der Waals surface area contributed by atoms with Crippen molar-refractivity contribution in [3.63, 3.8) is 0 Å². The molecule has 1 aliphatic heterocycles. The molecule has 3 N–H and O–H groups in total. The Balaban J connectivity index is 1.29. The minimum absolute atomic E-state index is 0.549. The molecule has 0 unspecified atom stereocenters. The van der Waals surface area contributed by atoms with Crippen LogP contribution in [0, 0.1) is 0 Å². The Morgan fingerprint density at radius 1 is 1.06 bits per heavy atom. The lowest BCUT2D eigenvalue weighted by atomic mass is 9.93. The van der Waals surface area contributed by atoms with E-state index >= 15 is 0 Å². The summed E-state index contributed by atoms with van der Waals surface area (Å²) in [4.78, 5) is 19.2. The third-order valence-corrected chi connectivity index (χ3v) is 6.43. The summed E-state index contributed by atoms with van der Waals surface area (Å²) in [5.41, 5.74) is 6.08. The third-order valence-electron chi connectivity index (χ3n) is 6.43. The van der Waals surface area contributed by atoms with Gasteiger partial charge in [-0.25, -0.2) is 15.0 Å². The van der Waals surface area contributed by atoms with Crippen molar-refractivity contribution in [1.82, 2.24) is 24.3 Å². The number of H-pyrrole nitrogens is 1. The van der Waals surface area contributed by atoms with Crippen molar-refractivity contribution >= 4 is 33.9 Å². The molecule has 8 nitrogen and oxygen atoms in total. The van der Waals surface area contributed by atoms with Gasteiger partial charge in [0.05, 0.1) is 28.7 Å². The molecule has 0 saturated carbocycles. The number of nitrogens with zero attached hydrogens (tertiary/aromatic N) is 5. The fourth-order valence-corrected chi connectivity index (χ4v) is 4.39. The van der Waals surface area contributed by atoms with Crippen LogP contribution in [0.25, 0.3) is 27.9 Å². The first kappa shape index (κ1) is 19.8. The van der Waals surface area contributed by atoms with Crippen LogP contribution >= 0.6 is 0 Å². The van der Waals surface area contributed by atoms with Gasteiger partial charge in [0, 0.05) is 48.6 Å². The molecule has 33 heavy (non-hydrogen) atoms. The number of rotatable bonds is 4. The van der Waals surface area contributed by atoms with Gasteiger partial charge in [0.2, 0.25) is 0 Å². The molecule has 0 radical (unpaired) electrons. The highest BCUT2D eigenvalue weighted by Crippen LogP contribution is 2.29. The zero-order valence-corrected chi connectivity index (χ0v) is 18.4. The predicted octanol–water partition coefficient (Wildman–Crippen LogP) is 4.37. The lowest BCUT2D eigenvalue weighted by Crippen LogP contribution is -2.42. The average molecular weight is 440 g/mol. The lowest BCUT2D eigenvalue weighted by Gasteiger charge is -2.37. The predicted molar refractivity (Wildman–Crippen MR) is 130 cm³/mol. The summed E-state index contributed by atoms with van der Waals surface area (Å²) in [6, 6.07) is 14.4. The van der Waals surface area contributed by atoms with Crippen LogP contribution in [-0.2, 0) is 0 Å². The van der Waals surface area contributed by atoms with Crippen LogP contribution < -0.4 is 10.2 Å². The number of aromatic nitrogens is 5. The number of fused-ring (bicyclic) bond motifs is 2. The molecule has 5 aromatic rings. The van der Waals surface area contributed by atoms with Gasteiger partial charge in [0.25, 0.3) is 0 Å². The summed E-state index contributed by atoms with van der Waals surface area (Å²) < 4.78 is 1.98. The molecule has 4 heterocycles. The molecule has 8 heteroatoms. The summed E-state index contributed by atoms with van der Waals surface area (Å²) in [6.45, 7) is 3.64. The van der Waals surface area contributed by atoms with Crippen LogP contribution in [0.4, 0.5) is 17.2 Å². The van der Waals surface area contributed by atoms with E-state index in [0.717, 1.165) is 65.2 Å². The van der Waals surface area contributed by atoms with Gasteiger partial charge in [-0.3, -0.25) is 0 Å². The number of aromatic amines is 1. The van der Waals surface area contributed by atoms with E-state index < -0.39 is 5.60 Å². The van der Waals surface area contributed by atoms with Crippen molar-refractivity contribution in [2.24, 2.45) is 0 Å². The smallest absolute Gasteiger partial charge is 0.180 e. The van der Waals surface area contributed by atoms with E-state index in [1.165, 1.54) is 0 Å². The molecule has 0 spiro atoms. The van der Waals surface area contributed by atoms with Gasteiger partial charge in [0.1, 0.15) is 0 Å². The van der Waals surface area contributed by atoms with E-state index in [-0.39, 0.29) is 0 Å². The minimum Gasteiger partial charge on any atom is -0.390 e. The Hall–Kier alpha value is -3.91. The van der Waals surface area contributed by atoms with Gasteiger partial charge in [-0.15, -0.1) is 0 Å². The summed E-state index contributed by atoms with van der Waals surface area (Å²) in [5, 5.41) is 13.7. The van der Waals surface area contributed by atoms with Crippen LogP contribution in [-0.4, -0.2) is 48.1 Å². The second-order valence-corrected chi connectivity index (χ2v) is 8.92. The van der Waals surface area contributed by atoms with Crippen molar-refractivity contribution in [1.29, 1.82) is 0 Å². The highest BCUT2D eigenvalue weighted by atomic mass is 16.3. The first-order valence-corrected chi connectivity index (χ1v) is 11.2. The fourth-order valence-electron chi connectivity index (χ4n) is 4.39. The van der Waals surface area contributed by atoms with Gasteiger partial charge in [-0.1, -0.05) is 6.07 Å². The monoisotopic (exact) mass is 439 g/mol. The van der Waals surface area contributed by atoms with Gasteiger partial charge >= 0.3 is 0 Å². The number of nitrogens with one attached hydrogen (secondary N) is 2. The van der Waals surface area contributed by atoms with Crippen molar-refractivity contribution < 1.29 is 5.11 Å². The molecule has 0 aliphatic carbocycles. The molecule has 0 bridgehead atoms. The molecule has 166 valence electrons. The number of anilines is 3. The first-order valence-electron chi connectivity index (χ1n) is 11.2. The Kier molecular flexibility index (Phi) is 4.55. The van der Waals surface area contributed by atoms with E-state index in [0.29, 0.717) is 5.82 Å². The highest BCUT2D eigenvalue weighted by Gasteiger charge is 2.27. The standard InChI is InChI=1S/C25H25N7O/c1-25(33)8-11-31(12-9-25)19-5-3-18(4-6-19)29-23-24-26-10-13-32(24)15-22(30-23)17-2-7-20-21(14-17)28-16-27-20/h2-7,10,13-16,33H,8-9,11-12H2,1H3,(H,27,28)(H,29,30). The van der Waals surface area contributed by atoms with Crippen LogP contribution in [0.15, 0.2) is 67.4 Å². The second-order valence-electron chi connectivity index (χ2n) is 8.92. The van der Waals surface area contributed by atoms with Gasteiger partial charge in [-0.2, -0.15) is 0 Å². The number of hydrogen-bond acceptors (Lipinski definition) is 6. The molecule has 1 fully saturated rings. The summed E-state index contributed by atoms with van der Waals surface area (Å²) in [6.07, 6.45) is 8.95. The number of benzene rings is 2. The molecule has 1 saturated heterocycles. The molecule has 1 aliphatic rings. The van der Waals surface area contributed by atoms with Crippen molar-refractivity contribution in [2.45, 2.75) is 25.4 Å². The average Bonchev–Trinajstić information content (AvgIpc) is 3.48. The third kappa shape index (κ3) is 3.78. The van der Waals surface area contributed by atoms with Crippen LogP contribution in [0.5, 0.6) is 0 Å². The summed E-state index contributed by atoms with van der Waals surface area (Å²) in [5.74, 6) is 0.698. The van der Waals surface area contributed by atoms with Crippen LogP contribution in [0.1, 0.15) is 19.8 Å². The summed E-state index contributed by atoms with van der Waals surface area (Å²) in [7, 11) is 0. The van der Waals surface area contributed by atoms with E-state index in [1.54, 1.807) is 12.5 Å². The molecule has 6 rings (SSSR count). The SMILES string of the molecule is CC1(O)CCN(c2ccc(Nc3nc(-c4ccc5nc[nH]c5c4)cn4ccnc34)cc2)CC1. The Labute approximate surface area is 191 Å². The van der Waals surface area contributed by atoms with E-state index in [9.17, 15) is 5.11 Å². The van der Waals surface area contributed by atoms with Gasteiger partial charge in [-0.05, 0) is 56.2 Å². The summed E-state index contributed by atoms with van der Waals surface area (Å²) >= 11 is 0. The molecular formula is C25H25N7O. The molecule has 3 aromatic heterocycles. The Bertz CT molecular complexity index is 1420. The highest BCUT2D eigenvalue weighted by molar-refractivity contribution is 5.82. The maximum Gasteiger partial charge on any atom is 0.180 e. The van der Waals surface area contributed by atoms with E-state index in [2.05, 4.69) is 55.5 Å². The van der Waals surface area contributed by atoms with Gasteiger partial charge < -0.3 is 24.7 Å². The maximum absolute atomic E-state index is 10.2. The molecule has 0 amide bonds. The van der Waals surface area contributed by atoms with Crippen LogP contribution in [0.2, 0.25) is 0 Å². The Morgan fingerprint density at radius 3 is 2.70 bits per heavy atom. The first-order chi connectivity index (χ1) is 16.0. The van der Waals surface area contributed by atoms with E-state index in [4.69, 9.17) is 4.98 Å². The van der Waals surface area contributed by atoms with E-state index in [1.807, 2.05) is 35.9 Å². The topological polar surface area (TPSA) is 94.4 Å². The zero-order valence-electron chi connectivity index (χ0n) is 18.4. The lowest BCUT2D eigenvalue weighted by molar-refractivity contribution is 0.0351. The molecule has 0 atom stereocenters. The van der Waals surface area contributed by atoms with Crippen molar-refractivity contribution in [3.8, 4) is 11.3 Å². The number of imidazole rings is 2. The number of piperidine rings is 1. The molecular weight excluding hydrogens is 414 g/mol.